The number of likely N-dealkylation sites (tertiary alicyclic amines) is 1. The maximum absolute atomic E-state index is 5.69. The van der Waals surface area contributed by atoms with Crippen molar-refractivity contribution in [3.05, 3.63) is 0 Å². The van der Waals surface area contributed by atoms with Crippen LogP contribution in [0.4, 0.5) is 0 Å². The molecule has 0 spiro atoms. The minimum Gasteiger partial charge on any atom is -0.372 e. The third-order valence-corrected chi connectivity index (χ3v) is 2.69. The van der Waals surface area contributed by atoms with Crippen LogP contribution in [0.1, 0.15) is 12.8 Å². The Morgan fingerprint density at radius 3 is 2.45 bits per heavy atom. The Morgan fingerprint density at radius 1 is 1.27 bits per heavy atom. The zero-order valence-electron chi connectivity index (χ0n) is 6.63. The van der Waals surface area contributed by atoms with Gasteiger partial charge in [0.1, 0.15) is 0 Å². The van der Waals surface area contributed by atoms with Crippen LogP contribution < -0.4 is 0 Å². The van der Waals surface area contributed by atoms with Crippen molar-refractivity contribution >= 4 is 11.6 Å². The van der Waals surface area contributed by atoms with Crippen molar-refractivity contribution in [2.24, 2.45) is 0 Å². The van der Waals surface area contributed by atoms with E-state index in [1.54, 1.807) is 0 Å². The lowest BCUT2D eigenvalue weighted by atomic mass is 10.2. The molecule has 0 aliphatic carbocycles. The van der Waals surface area contributed by atoms with Crippen LogP contribution in [0, 0.1) is 0 Å². The average molecular weight is 176 g/mol. The van der Waals surface area contributed by atoms with E-state index in [0.717, 1.165) is 25.5 Å². The highest BCUT2D eigenvalue weighted by Gasteiger charge is 2.32. The van der Waals surface area contributed by atoms with Crippen LogP contribution in [-0.2, 0) is 4.74 Å². The van der Waals surface area contributed by atoms with Crippen LogP contribution in [-0.4, -0.2) is 42.6 Å². The summed E-state index contributed by atoms with van der Waals surface area (Å²) in [4.78, 5) is 2.42. The summed E-state index contributed by atoms with van der Waals surface area (Å²) in [6.45, 7) is 3.23. The molecule has 0 amide bonds. The van der Waals surface area contributed by atoms with Gasteiger partial charge < -0.3 is 4.74 Å². The molecule has 0 aromatic rings. The quantitative estimate of drug-likeness (QED) is 0.583. The van der Waals surface area contributed by atoms with Crippen LogP contribution in [0.25, 0.3) is 0 Å². The minimum absolute atomic E-state index is 0.511. The molecule has 2 heterocycles. The highest BCUT2D eigenvalue weighted by atomic mass is 35.5. The van der Waals surface area contributed by atoms with E-state index < -0.39 is 0 Å². The largest absolute Gasteiger partial charge is 0.372 e. The van der Waals surface area contributed by atoms with Gasteiger partial charge in [-0.1, -0.05) is 0 Å². The lowest BCUT2D eigenvalue weighted by Gasteiger charge is -2.31. The van der Waals surface area contributed by atoms with Crippen molar-refractivity contribution in [3.63, 3.8) is 0 Å². The Morgan fingerprint density at radius 2 is 1.91 bits per heavy atom. The Kier molecular flexibility index (Phi) is 2.35. The summed E-state index contributed by atoms with van der Waals surface area (Å²) in [5.74, 6) is 0.749. The first kappa shape index (κ1) is 7.84. The third-order valence-electron chi connectivity index (χ3n) is 2.52. The van der Waals surface area contributed by atoms with Gasteiger partial charge in [-0.25, -0.2) is 0 Å². The van der Waals surface area contributed by atoms with E-state index in [4.69, 9.17) is 16.3 Å². The van der Waals surface area contributed by atoms with E-state index >= 15 is 0 Å². The standard InChI is InChI=1S/C8H14ClNO/c9-3-4-10-5-7-1-2-8(6-10)11-7/h7-8H,1-6H2/t7-,8+. The molecule has 0 unspecified atom stereocenters. The Balaban J connectivity index is 1.87. The van der Waals surface area contributed by atoms with Gasteiger partial charge in [0.05, 0.1) is 12.2 Å². The fraction of sp³-hybridized carbons (Fsp3) is 1.00. The van der Waals surface area contributed by atoms with Crippen LogP contribution in [0.15, 0.2) is 0 Å². The minimum atomic E-state index is 0.511. The van der Waals surface area contributed by atoms with Gasteiger partial charge >= 0.3 is 0 Å². The van der Waals surface area contributed by atoms with Crippen molar-refractivity contribution < 1.29 is 4.74 Å². The zero-order valence-corrected chi connectivity index (χ0v) is 7.39. The number of morpholine rings is 1. The van der Waals surface area contributed by atoms with E-state index in [9.17, 15) is 0 Å². The fourth-order valence-electron chi connectivity index (χ4n) is 2.00. The molecule has 0 radical (unpaired) electrons. The smallest absolute Gasteiger partial charge is 0.0707 e. The number of hydrogen-bond acceptors (Lipinski definition) is 2. The molecule has 2 bridgehead atoms. The molecular weight excluding hydrogens is 162 g/mol. The molecule has 11 heavy (non-hydrogen) atoms. The van der Waals surface area contributed by atoms with Gasteiger partial charge in [-0.15, -0.1) is 11.6 Å². The predicted molar refractivity (Wildman–Crippen MR) is 45.1 cm³/mol. The number of halogens is 1. The lowest BCUT2D eigenvalue weighted by molar-refractivity contribution is -0.0361. The topological polar surface area (TPSA) is 12.5 Å². The Bertz CT molecular complexity index is 130. The molecule has 2 aliphatic rings. The normalized spacial score (nSPS) is 37.9. The summed E-state index contributed by atoms with van der Waals surface area (Å²) in [7, 11) is 0. The van der Waals surface area contributed by atoms with Gasteiger partial charge in [-0.3, -0.25) is 4.90 Å². The van der Waals surface area contributed by atoms with Gasteiger partial charge in [0.15, 0.2) is 0 Å². The maximum Gasteiger partial charge on any atom is 0.0707 e. The van der Waals surface area contributed by atoms with Gasteiger partial charge in [-0.05, 0) is 12.8 Å². The molecule has 2 nitrogen and oxygen atoms in total. The molecule has 0 aromatic carbocycles. The number of rotatable bonds is 2. The van der Waals surface area contributed by atoms with Crippen LogP contribution in [0.2, 0.25) is 0 Å². The molecule has 0 aromatic heterocycles. The molecule has 64 valence electrons. The van der Waals surface area contributed by atoms with Gasteiger partial charge in [0.2, 0.25) is 0 Å². The number of hydrogen-bond donors (Lipinski definition) is 0. The van der Waals surface area contributed by atoms with E-state index in [-0.39, 0.29) is 0 Å². The summed E-state index contributed by atoms with van der Waals surface area (Å²) < 4.78 is 5.69. The summed E-state index contributed by atoms with van der Waals surface area (Å²) >= 11 is 5.67. The molecule has 3 heteroatoms. The van der Waals surface area contributed by atoms with Crippen molar-refractivity contribution in [3.8, 4) is 0 Å². The predicted octanol–water partition coefficient (Wildman–Crippen LogP) is 1.09. The number of alkyl halides is 1. The first-order valence-corrected chi connectivity index (χ1v) is 4.85. The van der Waals surface area contributed by atoms with Gasteiger partial charge in [0, 0.05) is 25.5 Å². The molecule has 2 rings (SSSR count). The lowest BCUT2D eigenvalue weighted by Crippen LogP contribution is -2.43. The first-order valence-electron chi connectivity index (χ1n) is 4.32. The first-order chi connectivity index (χ1) is 5.38. The number of fused-ring (bicyclic) bond motifs is 2. The average Bonchev–Trinajstić information content (AvgIpc) is 2.32. The molecular formula is C8H14ClNO. The highest BCUT2D eigenvalue weighted by Crippen LogP contribution is 2.25. The maximum atomic E-state index is 5.69. The molecule has 0 saturated carbocycles. The summed E-state index contributed by atoms with van der Waals surface area (Å²) in [6.07, 6.45) is 3.53. The van der Waals surface area contributed by atoms with Crippen LogP contribution in [0.3, 0.4) is 0 Å². The SMILES string of the molecule is ClCCN1C[C@H]2CC[C@@H](C1)O2. The van der Waals surface area contributed by atoms with Crippen molar-refractivity contribution in [1.29, 1.82) is 0 Å². The second-order valence-corrected chi connectivity index (χ2v) is 3.78. The van der Waals surface area contributed by atoms with Crippen molar-refractivity contribution in [2.45, 2.75) is 25.0 Å². The molecule has 0 N–H and O–H groups in total. The monoisotopic (exact) mass is 175 g/mol. The summed E-state index contributed by atoms with van der Waals surface area (Å²) in [5.41, 5.74) is 0. The molecule has 2 saturated heterocycles. The van der Waals surface area contributed by atoms with E-state index in [1.807, 2.05) is 0 Å². The molecule has 2 atom stereocenters. The third kappa shape index (κ3) is 1.68. The highest BCUT2D eigenvalue weighted by molar-refractivity contribution is 6.18. The van der Waals surface area contributed by atoms with E-state index in [0.29, 0.717) is 12.2 Å². The van der Waals surface area contributed by atoms with Crippen LogP contribution in [0.5, 0.6) is 0 Å². The zero-order chi connectivity index (χ0) is 7.68. The van der Waals surface area contributed by atoms with E-state index in [1.165, 1.54) is 12.8 Å². The molecule has 2 aliphatic heterocycles. The second-order valence-electron chi connectivity index (χ2n) is 3.41. The number of ether oxygens (including phenoxy) is 1. The second kappa shape index (κ2) is 3.30. The van der Waals surface area contributed by atoms with Gasteiger partial charge in [0.25, 0.3) is 0 Å². The summed E-state index contributed by atoms with van der Waals surface area (Å²) in [6, 6.07) is 0. The Hall–Kier alpha value is 0.210. The number of nitrogens with zero attached hydrogens (tertiary/aromatic N) is 1. The molecule has 2 fully saturated rings. The van der Waals surface area contributed by atoms with Crippen LogP contribution >= 0.6 is 11.6 Å². The fourth-order valence-corrected chi connectivity index (χ4v) is 2.24. The summed E-state index contributed by atoms with van der Waals surface area (Å²) in [5, 5.41) is 0. The van der Waals surface area contributed by atoms with Crippen molar-refractivity contribution in [2.75, 3.05) is 25.5 Å². The van der Waals surface area contributed by atoms with Crippen molar-refractivity contribution in [1.82, 2.24) is 4.90 Å². The van der Waals surface area contributed by atoms with Gasteiger partial charge in [-0.2, -0.15) is 0 Å². The Labute approximate surface area is 72.5 Å². The van der Waals surface area contributed by atoms with E-state index in [2.05, 4.69) is 4.90 Å².